The number of aryl methyl sites for hydroxylation is 1. The number of hydrogen-bond acceptors (Lipinski definition) is 4. The third-order valence-corrected chi connectivity index (χ3v) is 3.51. The van der Waals surface area contributed by atoms with E-state index in [1.807, 2.05) is 7.05 Å². The van der Waals surface area contributed by atoms with Gasteiger partial charge in [0, 0.05) is 37.9 Å². The molecule has 1 aromatic rings. The van der Waals surface area contributed by atoms with Gasteiger partial charge in [-0.1, -0.05) is 0 Å². The predicted molar refractivity (Wildman–Crippen MR) is 76.0 cm³/mol. The highest BCUT2D eigenvalue weighted by atomic mass is 15.3. The van der Waals surface area contributed by atoms with E-state index in [0.717, 1.165) is 37.7 Å². The van der Waals surface area contributed by atoms with Gasteiger partial charge in [0.15, 0.2) is 0 Å². The number of aromatic nitrogens is 1. The zero-order chi connectivity index (χ0) is 13.1. The average molecular weight is 248 g/mol. The molecule has 0 spiro atoms. The molecule has 1 saturated heterocycles. The van der Waals surface area contributed by atoms with E-state index in [1.165, 1.54) is 5.56 Å². The Hall–Kier alpha value is -1.13. The molecular formula is C14H24N4. The Morgan fingerprint density at radius 2 is 2.17 bits per heavy atom. The molecule has 1 N–H and O–H groups in total. The molecule has 2 heterocycles. The summed E-state index contributed by atoms with van der Waals surface area (Å²) in [6.07, 6.45) is 0. The Bertz CT molecular complexity index is 405. The van der Waals surface area contributed by atoms with Gasteiger partial charge in [0.1, 0.15) is 5.82 Å². The van der Waals surface area contributed by atoms with Gasteiger partial charge in [-0.15, -0.1) is 0 Å². The third kappa shape index (κ3) is 3.00. The molecule has 4 heteroatoms. The fourth-order valence-corrected chi connectivity index (χ4v) is 2.65. The van der Waals surface area contributed by atoms with Gasteiger partial charge in [-0.05, 0) is 45.6 Å². The maximum absolute atomic E-state index is 4.69. The van der Waals surface area contributed by atoms with E-state index >= 15 is 0 Å². The SMILES string of the molecule is CNCc1cc(C)nc(N2CCN(C)CC2C)c1. The normalized spacial score (nSPS) is 21.3. The minimum absolute atomic E-state index is 0.528. The third-order valence-electron chi connectivity index (χ3n) is 3.51. The summed E-state index contributed by atoms with van der Waals surface area (Å²) in [4.78, 5) is 9.50. The molecule has 1 aliphatic rings. The van der Waals surface area contributed by atoms with Crippen LogP contribution in [-0.4, -0.2) is 49.7 Å². The Kier molecular flexibility index (Phi) is 4.19. The molecule has 1 atom stereocenters. The van der Waals surface area contributed by atoms with Gasteiger partial charge in [-0.3, -0.25) is 0 Å². The fraction of sp³-hybridized carbons (Fsp3) is 0.643. The standard InChI is InChI=1S/C14H24N4/c1-11-7-13(9-15-3)8-14(16-11)18-6-5-17(4)10-12(18)2/h7-8,12,15H,5-6,9-10H2,1-4H3. The summed E-state index contributed by atoms with van der Waals surface area (Å²) in [5.41, 5.74) is 2.41. The van der Waals surface area contributed by atoms with E-state index in [1.54, 1.807) is 0 Å². The highest BCUT2D eigenvalue weighted by Crippen LogP contribution is 2.20. The van der Waals surface area contributed by atoms with Crippen LogP contribution in [0.3, 0.4) is 0 Å². The van der Waals surface area contributed by atoms with Crippen molar-refractivity contribution in [1.82, 2.24) is 15.2 Å². The molecule has 1 aliphatic heterocycles. The van der Waals surface area contributed by atoms with Crippen LogP contribution in [-0.2, 0) is 6.54 Å². The maximum atomic E-state index is 4.69. The molecule has 4 nitrogen and oxygen atoms in total. The van der Waals surface area contributed by atoms with Gasteiger partial charge in [0.25, 0.3) is 0 Å². The molecule has 0 radical (unpaired) electrons. The Morgan fingerprint density at radius 1 is 1.39 bits per heavy atom. The summed E-state index contributed by atoms with van der Waals surface area (Å²) < 4.78 is 0. The maximum Gasteiger partial charge on any atom is 0.129 e. The van der Waals surface area contributed by atoms with Crippen molar-refractivity contribution in [3.63, 3.8) is 0 Å². The van der Waals surface area contributed by atoms with Crippen LogP contribution in [0.5, 0.6) is 0 Å². The summed E-state index contributed by atoms with van der Waals surface area (Å²) in [5.74, 6) is 1.13. The van der Waals surface area contributed by atoms with Gasteiger partial charge < -0.3 is 15.1 Å². The lowest BCUT2D eigenvalue weighted by Crippen LogP contribution is -2.50. The molecule has 1 fully saturated rings. The second-order valence-electron chi connectivity index (χ2n) is 5.31. The van der Waals surface area contributed by atoms with E-state index in [-0.39, 0.29) is 0 Å². The first-order valence-corrected chi connectivity index (χ1v) is 6.67. The first-order chi connectivity index (χ1) is 8.60. The van der Waals surface area contributed by atoms with Crippen molar-refractivity contribution in [2.45, 2.75) is 26.4 Å². The van der Waals surface area contributed by atoms with Crippen LogP contribution < -0.4 is 10.2 Å². The van der Waals surface area contributed by atoms with Crippen LogP contribution in [0.15, 0.2) is 12.1 Å². The van der Waals surface area contributed by atoms with Crippen LogP contribution in [0, 0.1) is 6.92 Å². The topological polar surface area (TPSA) is 31.4 Å². The van der Waals surface area contributed by atoms with Crippen LogP contribution in [0.25, 0.3) is 0 Å². The summed E-state index contributed by atoms with van der Waals surface area (Å²) in [7, 11) is 4.16. The first-order valence-electron chi connectivity index (χ1n) is 6.67. The molecule has 1 unspecified atom stereocenters. The smallest absolute Gasteiger partial charge is 0.129 e. The van der Waals surface area contributed by atoms with Crippen molar-refractivity contribution in [3.05, 3.63) is 23.4 Å². The highest BCUT2D eigenvalue weighted by Gasteiger charge is 2.22. The van der Waals surface area contributed by atoms with Crippen LogP contribution in [0.2, 0.25) is 0 Å². The largest absolute Gasteiger partial charge is 0.351 e. The monoisotopic (exact) mass is 248 g/mol. The lowest BCUT2D eigenvalue weighted by atomic mass is 10.1. The van der Waals surface area contributed by atoms with E-state index in [4.69, 9.17) is 4.98 Å². The highest BCUT2D eigenvalue weighted by molar-refractivity contribution is 5.44. The molecule has 1 aromatic heterocycles. The molecule has 0 aromatic carbocycles. The van der Waals surface area contributed by atoms with Gasteiger partial charge in [0.05, 0.1) is 0 Å². The van der Waals surface area contributed by atoms with Gasteiger partial charge in [0.2, 0.25) is 0 Å². The summed E-state index contributed by atoms with van der Waals surface area (Å²) in [5, 5.41) is 3.21. The van der Waals surface area contributed by atoms with Gasteiger partial charge in [-0.25, -0.2) is 4.98 Å². The van der Waals surface area contributed by atoms with Crippen molar-refractivity contribution in [2.75, 3.05) is 38.6 Å². The molecule has 0 amide bonds. The molecule has 0 saturated carbocycles. The van der Waals surface area contributed by atoms with E-state index in [2.05, 4.69) is 48.1 Å². The summed E-state index contributed by atoms with van der Waals surface area (Å²) in [6, 6.07) is 4.90. The number of nitrogens with one attached hydrogen (secondary N) is 1. The average Bonchev–Trinajstić information content (AvgIpc) is 2.28. The first kappa shape index (κ1) is 13.3. The predicted octanol–water partition coefficient (Wildman–Crippen LogP) is 1.25. The second-order valence-corrected chi connectivity index (χ2v) is 5.31. The lowest BCUT2D eigenvalue weighted by molar-refractivity contribution is 0.274. The number of pyridine rings is 1. The summed E-state index contributed by atoms with van der Waals surface area (Å²) in [6.45, 7) is 8.53. The van der Waals surface area contributed by atoms with E-state index in [9.17, 15) is 0 Å². The fourth-order valence-electron chi connectivity index (χ4n) is 2.65. The molecule has 18 heavy (non-hydrogen) atoms. The number of anilines is 1. The van der Waals surface area contributed by atoms with Gasteiger partial charge in [-0.2, -0.15) is 0 Å². The number of piperazine rings is 1. The van der Waals surface area contributed by atoms with Crippen LogP contribution in [0.4, 0.5) is 5.82 Å². The van der Waals surface area contributed by atoms with Crippen molar-refractivity contribution in [3.8, 4) is 0 Å². The molecule has 0 bridgehead atoms. The molecule has 2 rings (SSSR count). The number of hydrogen-bond donors (Lipinski definition) is 1. The van der Waals surface area contributed by atoms with Gasteiger partial charge >= 0.3 is 0 Å². The number of likely N-dealkylation sites (N-methyl/N-ethyl adjacent to an activating group) is 1. The van der Waals surface area contributed by atoms with Crippen LogP contribution >= 0.6 is 0 Å². The van der Waals surface area contributed by atoms with Crippen molar-refractivity contribution in [2.24, 2.45) is 0 Å². The number of nitrogens with zero attached hydrogens (tertiary/aromatic N) is 3. The van der Waals surface area contributed by atoms with Crippen molar-refractivity contribution in [1.29, 1.82) is 0 Å². The Labute approximate surface area is 110 Å². The minimum atomic E-state index is 0.528. The van der Waals surface area contributed by atoms with E-state index < -0.39 is 0 Å². The van der Waals surface area contributed by atoms with Crippen LogP contribution in [0.1, 0.15) is 18.2 Å². The zero-order valence-electron chi connectivity index (χ0n) is 11.9. The molecule has 0 aliphatic carbocycles. The lowest BCUT2D eigenvalue weighted by Gasteiger charge is -2.39. The summed E-state index contributed by atoms with van der Waals surface area (Å²) >= 11 is 0. The Balaban J connectivity index is 2.21. The number of rotatable bonds is 3. The molecule has 100 valence electrons. The van der Waals surface area contributed by atoms with Crippen molar-refractivity contribution < 1.29 is 0 Å². The second kappa shape index (κ2) is 5.67. The quantitative estimate of drug-likeness (QED) is 0.872. The molecular weight excluding hydrogens is 224 g/mol. The Morgan fingerprint density at radius 3 is 2.83 bits per heavy atom. The zero-order valence-corrected chi connectivity index (χ0v) is 11.9. The van der Waals surface area contributed by atoms with Crippen molar-refractivity contribution >= 4 is 5.82 Å². The van der Waals surface area contributed by atoms with E-state index in [0.29, 0.717) is 6.04 Å². The minimum Gasteiger partial charge on any atom is -0.351 e.